The van der Waals surface area contributed by atoms with Crippen LogP contribution in [0, 0.1) is 0 Å². The molecule has 1 aliphatic heterocycles. The lowest BCUT2D eigenvalue weighted by molar-refractivity contribution is -0.126. The average Bonchev–Trinajstić information content (AvgIpc) is 2.94. The highest BCUT2D eigenvalue weighted by Gasteiger charge is 2.27. The number of amides is 2. The van der Waals surface area contributed by atoms with Crippen molar-refractivity contribution in [2.24, 2.45) is 0 Å². The largest absolute Gasteiger partial charge is 0.352 e. The molecular formula is C18H20N2O2. The van der Waals surface area contributed by atoms with Gasteiger partial charge < -0.3 is 10.6 Å². The number of hydrogen-bond donors (Lipinski definition) is 2. The molecule has 1 saturated heterocycles. The summed E-state index contributed by atoms with van der Waals surface area (Å²) in [6.45, 7) is 1.99. The van der Waals surface area contributed by atoms with Crippen LogP contribution in [0.25, 0.3) is 10.8 Å². The van der Waals surface area contributed by atoms with E-state index < -0.39 is 0 Å². The molecule has 0 radical (unpaired) electrons. The van der Waals surface area contributed by atoms with Crippen molar-refractivity contribution in [3.05, 3.63) is 48.0 Å². The minimum Gasteiger partial charge on any atom is -0.352 e. The maximum atomic E-state index is 12.1. The van der Waals surface area contributed by atoms with Gasteiger partial charge >= 0.3 is 0 Å². The molecule has 0 aromatic heterocycles. The van der Waals surface area contributed by atoms with Crippen LogP contribution in [-0.4, -0.2) is 23.9 Å². The summed E-state index contributed by atoms with van der Waals surface area (Å²) in [5, 5.41) is 8.11. The summed E-state index contributed by atoms with van der Waals surface area (Å²) in [5.41, 5.74) is 1.20. The van der Waals surface area contributed by atoms with E-state index in [1.807, 2.05) is 19.1 Å². The van der Waals surface area contributed by atoms with E-state index in [-0.39, 0.29) is 23.9 Å². The second-order valence-corrected chi connectivity index (χ2v) is 5.95. The average molecular weight is 296 g/mol. The summed E-state index contributed by atoms with van der Waals surface area (Å²) in [6, 6.07) is 14.3. The summed E-state index contributed by atoms with van der Waals surface area (Å²) in [7, 11) is 0. The number of fused-ring (bicyclic) bond motifs is 1. The van der Waals surface area contributed by atoms with E-state index in [1.54, 1.807) is 0 Å². The molecular weight excluding hydrogens is 276 g/mol. The molecule has 0 aliphatic carbocycles. The van der Waals surface area contributed by atoms with Gasteiger partial charge in [0.15, 0.2) is 0 Å². The zero-order valence-corrected chi connectivity index (χ0v) is 12.6. The van der Waals surface area contributed by atoms with E-state index in [9.17, 15) is 9.59 Å². The number of carbonyl (C=O) groups excluding carboxylic acids is 2. The fourth-order valence-electron chi connectivity index (χ4n) is 2.92. The van der Waals surface area contributed by atoms with Gasteiger partial charge in [-0.25, -0.2) is 0 Å². The Bertz CT molecular complexity index is 711. The first-order valence-corrected chi connectivity index (χ1v) is 7.69. The van der Waals surface area contributed by atoms with Gasteiger partial charge in [-0.2, -0.15) is 0 Å². The van der Waals surface area contributed by atoms with Gasteiger partial charge in [-0.1, -0.05) is 42.5 Å². The van der Waals surface area contributed by atoms with Gasteiger partial charge in [0.2, 0.25) is 11.8 Å². The molecule has 2 aromatic rings. The Labute approximate surface area is 129 Å². The second kappa shape index (κ2) is 6.18. The summed E-state index contributed by atoms with van der Waals surface area (Å²) >= 11 is 0. The van der Waals surface area contributed by atoms with Crippen LogP contribution in [0.5, 0.6) is 0 Å². The molecule has 0 saturated carbocycles. The van der Waals surface area contributed by atoms with Crippen molar-refractivity contribution in [1.82, 2.24) is 10.6 Å². The van der Waals surface area contributed by atoms with Crippen LogP contribution in [0.3, 0.4) is 0 Å². The Morgan fingerprint density at radius 3 is 2.77 bits per heavy atom. The fraction of sp³-hybridized carbons (Fsp3) is 0.333. The normalized spacial score (nSPS) is 19.0. The van der Waals surface area contributed by atoms with Crippen LogP contribution in [0.2, 0.25) is 0 Å². The molecule has 4 heteroatoms. The molecule has 2 N–H and O–H groups in total. The molecule has 2 aromatic carbocycles. The van der Waals surface area contributed by atoms with E-state index in [2.05, 4.69) is 41.0 Å². The molecule has 0 unspecified atom stereocenters. The summed E-state index contributed by atoms with van der Waals surface area (Å²) in [5.74, 6) is -0.124. The molecule has 2 atom stereocenters. The number of benzene rings is 2. The maximum absolute atomic E-state index is 12.1. The van der Waals surface area contributed by atoms with Crippen molar-refractivity contribution in [2.45, 2.75) is 38.3 Å². The third-order valence-corrected chi connectivity index (χ3v) is 4.06. The SMILES string of the molecule is C[C@@H](Cc1ccc2ccccc2c1)NC(=O)[C@H]1CCC(=O)N1. The Morgan fingerprint density at radius 2 is 2.05 bits per heavy atom. The van der Waals surface area contributed by atoms with Crippen LogP contribution < -0.4 is 10.6 Å². The molecule has 1 heterocycles. The number of nitrogens with one attached hydrogen (secondary N) is 2. The van der Waals surface area contributed by atoms with Crippen molar-refractivity contribution in [2.75, 3.05) is 0 Å². The zero-order valence-electron chi connectivity index (χ0n) is 12.6. The third kappa shape index (κ3) is 3.27. The maximum Gasteiger partial charge on any atom is 0.242 e. The Balaban J connectivity index is 1.61. The number of carbonyl (C=O) groups is 2. The third-order valence-electron chi connectivity index (χ3n) is 4.06. The van der Waals surface area contributed by atoms with Gasteiger partial charge in [0.05, 0.1) is 0 Å². The van der Waals surface area contributed by atoms with Crippen molar-refractivity contribution in [3.8, 4) is 0 Å². The molecule has 114 valence electrons. The van der Waals surface area contributed by atoms with Gasteiger partial charge in [-0.3, -0.25) is 9.59 Å². The lowest BCUT2D eigenvalue weighted by Gasteiger charge is -2.17. The van der Waals surface area contributed by atoms with Crippen molar-refractivity contribution in [1.29, 1.82) is 0 Å². The van der Waals surface area contributed by atoms with E-state index in [0.717, 1.165) is 6.42 Å². The van der Waals surface area contributed by atoms with Crippen LogP contribution in [0.4, 0.5) is 0 Å². The van der Waals surface area contributed by atoms with Gasteiger partial charge in [-0.15, -0.1) is 0 Å². The molecule has 3 rings (SSSR count). The van der Waals surface area contributed by atoms with E-state index in [0.29, 0.717) is 12.8 Å². The number of rotatable bonds is 4. The summed E-state index contributed by atoms with van der Waals surface area (Å²) < 4.78 is 0. The molecule has 1 fully saturated rings. The second-order valence-electron chi connectivity index (χ2n) is 5.95. The Morgan fingerprint density at radius 1 is 1.27 bits per heavy atom. The molecule has 2 amide bonds. The van der Waals surface area contributed by atoms with E-state index >= 15 is 0 Å². The highest BCUT2D eigenvalue weighted by Crippen LogP contribution is 2.16. The van der Waals surface area contributed by atoms with Gasteiger partial charge in [0.25, 0.3) is 0 Å². The molecule has 4 nitrogen and oxygen atoms in total. The summed E-state index contributed by atoms with van der Waals surface area (Å²) in [6.07, 6.45) is 1.81. The Hall–Kier alpha value is -2.36. The van der Waals surface area contributed by atoms with E-state index in [4.69, 9.17) is 0 Å². The first kappa shape index (κ1) is 14.6. The molecule has 22 heavy (non-hydrogen) atoms. The predicted octanol–water partition coefficient (Wildman–Crippen LogP) is 2.17. The number of hydrogen-bond acceptors (Lipinski definition) is 2. The lowest BCUT2D eigenvalue weighted by atomic mass is 10.0. The quantitative estimate of drug-likeness (QED) is 0.908. The first-order valence-electron chi connectivity index (χ1n) is 7.69. The molecule has 0 bridgehead atoms. The van der Waals surface area contributed by atoms with Gasteiger partial charge in [-0.05, 0) is 36.1 Å². The first-order chi connectivity index (χ1) is 10.6. The van der Waals surface area contributed by atoms with Crippen molar-refractivity contribution < 1.29 is 9.59 Å². The fourth-order valence-corrected chi connectivity index (χ4v) is 2.92. The van der Waals surface area contributed by atoms with Crippen molar-refractivity contribution in [3.63, 3.8) is 0 Å². The van der Waals surface area contributed by atoms with Crippen LogP contribution in [0.1, 0.15) is 25.3 Å². The standard InChI is InChI=1S/C18H20N2O2/c1-12(19-18(22)16-8-9-17(21)20-16)10-13-6-7-14-4-2-3-5-15(14)11-13/h2-7,11-12,16H,8-10H2,1H3,(H,19,22)(H,20,21)/t12-,16+/m0/s1. The highest BCUT2D eigenvalue weighted by atomic mass is 16.2. The van der Waals surface area contributed by atoms with Crippen molar-refractivity contribution >= 4 is 22.6 Å². The topological polar surface area (TPSA) is 58.2 Å². The smallest absolute Gasteiger partial charge is 0.242 e. The van der Waals surface area contributed by atoms with Crippen LogP contribution in [0.15, 0.2) is 42.5 Å². The summed E-state index contributed by atoms with van der Waals surface area (Å²) in [4.78, 5) is 23.2. The Kier molecular flexibility index (Phi) is 4.09. The lowest BCUT2D eigenvalue weighted by Crippen LogP contribution is -2.45. The van der Waals surface area contributed by atoms with Gasteiger partial charge in [0.1, 0.15) is 6.04 Å². The molecule has 1 aliphatic rings. The minimum absolute atomic E-state index is 0.0335. The van der Waals surface area contributed by atoms with Gasteiger partial charge in [0, 0.05) is 12.5 Å². The predicted molar refractivity (Wildman–Crippen MR) is 86.4 cm³/mol. The zero-order chi connectivity index (χ0) is 15.5. The van der Waals surface area contributed by atoms with E-state index in [1.165, 1.54) is 16.3 Å². The monoisotopic (exact) mass is 296 g/mol. The highest BCUT2D eigenvalue weighted by molar-refractivity contribution is 5.90. The molecule has 0 spiro atoms. The van der Waals surface area contributed by atoms with Crippen LogP contribution >= 0.6 is 0 Å². The van der Waals surface area contributed by atoms with Crippen LogP contribution in [-0.2, 0) is 16.0 Å². The minimum atomic E-state index is -0.369.